The average molecular weight is 305 g/mol. The summed E-state index contributed by atoms with van der Waals surface area (Å²) in [5.74, 6) is 0.978. The van der Waals surface area contributed by atoms with Crippen molar-refractivity contribution in [1.82, 2.24) is 4.98 Å². The predicted octanol–water partition coefficient (Wildman–Crippen LogP) is 5.07. The topological polar surface area (TPSA) is 22.1 Å². The highest BCUT2D eigenvalue weighted by Crippen LogP contribution is 2.27. The van der Waals surface area contributed by atoms with Crippen LogP contribution in [0.25, 0.3) is 10.8 Å². The molecule has 0 atom stereocenters. The lowest BCUT2D eigenvalue weighted by Crippen LogP contribution is -1.98. The van der Waals surface area contributed by atoms with Crippen LogP contribution >= 0.6 is 0 Å². The molecule has 0 aliphatic heterocycles. The van der Waals surface area contributed by atoms with E-state index < -0.39 is 0 Å². The monoisotopic (exact) mass is 305 g/mol. The van der Waals surface area contributed by atoms with Crippen LogP contribution in [0.3, 0.4) is 0 Å². The van der Waals surface area contributed by atoms with Crippen molar-refractivity contribution in [3.63, 3.8) is 0 Å². The summed E-state index contributed by atoms with van der Waals surface area (Å²) in [4.78, 5) is 4.64. The molecule has 2 heteroatoms. The maximum Gasteiger partial charge on any atom is 0.124 e. The molecule has 3 aromatic rings. The predicted molar refractivity (Wildman–Crippen MR) is 96.5 cm³/mol. The highest BCUT2D eigenvalue weighted by molar-refractivity contribution is 5.86. The van der Waals surface area contributed by atoms with Gasteiger partial charge >= 0.3 is 0 Å². The number of hydrogen-bond acceptors (Lipinski definition) is 2. The fourth-order valence-corrected chi connectivity index (χ4v) is 3.30. The molecule has 2 nitrogen and oxygen atoms in total. The van der Waals surface area contributed by atoms with Crippen molar-refractivity contribution in [3.8, 4) is 5.75 Å². The maximum atomic E-state index is 5.46. The van der Waals surface area contributed by atoms with Gasteiger partial charge < -0.3 is 4.74 Å². The Labute approximate surface area is 138 Å². The minimum Gasteiger partial charge on any atom is -0.496 e. The third-order valence-electron chi connectivity index (χ3n) is 4.56. The zero-order valence-corrected chi connectivity index (χ0v) is 14.5. The van der Waals surface area contributed by atoms with Gasteiger partial charge in [0.2, 0.25) is 0 Å². The number of benzene rings is 2. The fraction of sp³-hybridized carbons (Fsp3) is 0.286. The van der Waals surface area contributed by atoms with Gasteiger partial charge in [-0.3, -0.25) is 4.98 Å². The highest BCUT2D eigenvalue weighted by Gasteiger charge is 2.09. The Kier molecular flexibility index (Phi) is 4.08. The third kappa shape index (κ3) is 2.94. The van der Waals surface area contributed by atoms with Gasteiger partial charge in [-0.15, -0.1) is 0 Å². The van der Waals surface area contributed by atoms with Crippen LogP contribution in [-0.2, 0) is 6.42 Å². The number of hydrogen-bond donors (Lipinski definition) is 0. The molecule has 3 rings (SSSR count). The first-order chi connectivity index (χ1) is 11.0. The minimum atomic E-state index is 0.839. The van der Waals surface area contributed by atoms with E-state index in [0.717, 1.165) is 17.9 Å². The van der Waals surface area contributed by atoms with Crippen LogP contribution in [0.1, 0.15) is 33.5 Å². The molecule has 0 fully saturated rings. The molecule has 1 aromatic heterocycles. The van der Waals surface area contributed by atoms with Crippen molar-refractivity contribution in [1.29, 1.82) is 0 Å². The zero-order valence-electron chi connectivity index (χ0n) is 14.5. The molecule has 0 bridgehead atoms. The normalized spacial score (nSPS) is 11.0. The summed E-state index contributed by atoms with van der Waals surface area (Å²) in [6.45, 7) is 8.51. The number of ether oxygens (including phenoxy) is 1. The van der Waals surface area contributed by atoms with Gasteiger partial charge in [0, 0.05) is 18.0 Å². The van der Waals surface area contributed by atoms with E-state index in [1.54, 1.807) is 7.11 Å². The van der Waals surface area contributed by atoms with Crippen LogP contribution in [-0.4, -0.2) is 12.1 Å². The standard InChI is InChI=1S/C21H23NO/c1-13-10-18-6-7-22-20(19(18)11-14(13)2)12-17-8-15(3)21(23-5)16(4)9-17/h6-11H,12H2,1-5H3. The van der Waals surface area contributed by atoms with Gasteiger partial charge in [0.15, 0.2) is 0 Å². The number of methoxy groups -OCH3 is 1. The molecule has 118 valence electrons. The first kappa shape index (κ1) is 15.5. The van der Waals surface area contributed by atoms with Crippen molar-refractivity contribution >= 4 is 10.8 Å². The molecule has 0 N–H and O–H groups in total. The average Bonchev–Trinajstić information content (AvgIpc) is 2.49. The summed E-state index contributed by atoms with van der Waals surface area (Å²) in [5, 5.41) is 2.52. The van der Waals surface area contributed by atoms with Gasteiger partial charge in [-0.05, 0) is 73.0 Å². The van der Waals surface area contributed by atoms with Gasteiger partial charge in [0.05, 0.1) is 12.8 Å². The molecule has 0 saturated carbocycles. The molecular formula is C21H23NO. The van der Waals surface area contributed by atoms with E-state index in [1.165, 1.54) is 38.6 Å². The van der Waals surface area contributed by atoms with Crippen molar-refractivity contribution in [3.05, 3.63) is 70.0 Å². The van der Waals surface area contributed by atoms with Gasteiger partial charge in [0.25, 0.3) is 0 Å². The first-order valence-electron chi connectivity index (χ1n) is 7.98. The lowest BCUT2D eigenvalue weighted by Gasteiger charge is -2.13. The van der Waals surface area contributed by atoms with Crippen LogP contribution in [0.4, 0.5) is 0 Å². The number of rotatable bonds is 3. The van der Waals surface area contributed by atoms with Crippen molar-refractivity contribution in [2.45, 2.75) is 34.1 Å². The second-order valence-electron chi connectivity index (χ2n) is 6.35. The van der Waals surface area contributed by atoms with E-state index in [4.69, 9.17) is 4.74 Å². The van der Waals surface area contributed by atoms with E-state index in [-0.39, 0.29) is 0 Å². The molecule has 0 radical (unpaired) electrons. The largest absolute Gasteiger partial charge is 0.496 e. The molecule has 0 spiro atoms. The second kappa shape index (κ2) is 6.04. The summed E-state index contributed by atoms with van der Waals surface area (Å²) >= 11 is 0. The summed E-state index contributed by atoms with van der Waals surface area (Å²) in [6.07, 6.45) is 2.75. The summed E-state index contributed by atoms with van der Waals surface area (Å²) in [5.41, 5.74) is 7.40. The quantitative estimate of drug-likeness (QED) is 0.674. The third-order valence-corrected chi connectivity index (χ3v) is 4.56. The van der Waals surface area contributed by atoms with Crippen LogP contribution < -0.4 is 4.74 Å². The number of pyridine rings is 1. The Balaban J connectivity index is 2.07. The fourth-order valence-electron chi connectivity index (χ4n) is 3.30. The molecule has 2 aromatic carbocycles. The molecule has 0 amide bonds. The summed E-state index contributed by atoms with van der Waals surface area (Å²) in [7, 11) is 1.73. The molecule has 23 heavy (non-hydrogen) atoms. The SMILES string of the molecule is COc1c(C)cc(Cc2nccc3cc(C)c(C)cc23)cc1C. The van der Waals surface area contributed by atoms with Gasteiger partial charge in [-0.1, -0.05) is 18.2 Å². The number of nitrogens with zero attached hydrogens (tertiary/aromatic N) is 1. The van der Waals surface area contributed by atoms with E-state index >= 15 is 0 Å². The van der Waals surface area contributed by atoms with E-state index in [9.17, 15) is 0 Å². The highest BCUT2D eigenvalue weighted by atomic mass is 16.5. The van der Waals surface area contributed by atoms with E-state index in [1.807, 2.05) is 6.20 Å². The Hall–Kier alpha value is -2.35. The van der Waals surface area contributed by atoms with Crippen molar-refractivity contribution < 1.29 is 4.74 Å². The summed E-state index contributed by atoms with van der Waals surface area (Å²) in [6, 6.07) is 11.0. The van der Waals surface area contributed by atoms with Crippen LogP contribution in [0.2, 0.25) is 0 Å². The minimum absolute atomic E-state index is 0.839. The molecule has 0 unspecified atom stereocenters. The van der Waals surface area contributed by atoms with Gasteiger partial charge in [-0.2, -0.15) is 0 Å². The Morgan fingerprint density at radius 1 is 0.870 bits per heavy atom. The zero-order chi connectivity index (χ0) is 16.6. The number of aromatic nitrogens is 1. The van der Waals surface area contributed by atoms with Crippen molar-refractivity contribution in [2.24, 2.45) is 0 Å². The van der Waals surface area contributed by atoms with Gasteiger partial charge in [0.1, 0.15) is 5.75 Å². The lowest BCUT2D eigenvalue weighted by molar-refractivity contribution is 0.408. The van der Waals surface area contributed by atoms with E-state index in [2.05, 4.69) is 63.0 Å². The van der Waals surface area contributed by atoms with Crippen LogP contribution in [0.15, 0.2) is 36.5 Å². The molecule has 0 aliphatic carbocycles. The smallest absolute Gasteiger partial charge is 0.124 e. The Morgan fingerprint density at radius 2 is 1.52 bits per heavy atom. The maximum absolute atomic E-state index is 5.46. The van der Waals surface area contributed by atoms with Crippen LogP contribution in [0.5, 0.6) is 5.75 Å². The molecule has 0 saturated heterocycles. The Bertz CT molecular complexity index is 857. The molecular weight excluding hydrogens is 282 g/mol. The summed E-state index contributed by atoms with van der Waals surface area (Å²) < 4.78 is 5.46. The number of fused-ring (bicyclic) bond motifs is 1. The van der Waals surface area contributed by atoms with E-state index in [0.29, 0.717) is 0 Å². The second-order valence-corrected chi connectivity index (χ2v) is 6.35. The van der Waals surface area contributed by atoms with Gasteiger partial charge in [-0.25, -0.2) is 0 Å². The molecule has 0 aliphatic rings. The lowest BCUT2D eigenvalue weighted by atomic mass is 9.97. The number of aryl methyl sites for hydroxylation is 4. The first-order valence-corrected chi connectivity index (χ1v) is 7.98. The molecule has 1 heterocycles. The van der Waals surface area contributed by atoms with Crippen LogP contribution in [0, 0.1) is 27.7 Å². The van der Waals surface area contributed by atoms with Crippen molar-refractivity contribution in [2.75, 3.05) is 7.11 Å². The Morgan fingerprint density at radius 3 is 2.17 bits per heavy atom.